The number of nitrogens with two attached hydrogens (primary N) is 1. The number of nitrogens with one attached hydrogen (secondary N) is 3. The normalized spacial score (nSPS) is 14.3. The Balaban J connectivity index is 5.15. The molecule has 174 valence electrons. The SMILES string of the molecule is CC(NC(=O)C(N)CC(=O)O)C(=O)NC(CC(=O)O)C(=O)NC(CCC(=O)O)C(=O)O. The predicted molar refractivity (Wildman–Crippen MR) is 98.5 cm³/mol. The van der Waals surface area contributed by atoms with Crippen molar-refractivity contribution in [2.75, 3.05) is 0 Å². The highest BCUT2D eigenvalue weighted by Crippen LogP contribution is 2.02. The molecule has 0 aromatic rings. The van der Waals surface area contributed by atoms with Crippen LogP contribution in [0.2, 0.25) is 0 Å². The predicted octanol–water partition coefficient (Wildman–Crippen LogP) is -3.31. The number of aliphatic carboxylic acids is 4. The van der Waals surface area contributed by atoms with Gasteiger partial charge in [0.05, 0.1) is 18.9 Å². The minimum Gasteiger partial charge on any atom is -0.481 e. The molecule has 0 bridgehead atoms. The summed E-state index contributed by atoms with van der Waals surface area (Å²) >= 11 is 0. The van der Waals surface area contributed by atoms with Gasteiger partial charge in [0.25, 0.3) is 0 Å². The van der Waals surface area contributed by atoms with Crippen LogP contribution < -0.4 is 21.7 Å². The summed E-state index contributed by atoms with van der Waals surface area (Å²) in [5, 5.41) is 41.3. The van der Waals surface area contributed by atoms with Gasteiger partial charge in [-0.05, 0) is 13.3 Å². The molecule has 0 aliphatic heterocycles. The Morgan fingerprint density at radius 3 is 1.68 bits per heavy atom. The monoisotopic (exact) mass is 448 g/mol. The van der Waals surface area contributed by atoms with E-state index in [0.717, 1.165) is 6.92 Å². The van der Waals surface area contributed by atoms with Crippen LogP contribution in [0, 0.1) is 0 Å². The molecule has 0 heterocycles. The van der Waals surface area contributed by atoms with Gasteiger partial charge in [0.15, 0.2) is 0 Å². The van der Waals surface area contributed by atoms with E-state index in [4.69, 9.17) is 26.2 Å². The molecule has 0 radical (unpaired) electrons. The van der Waals surface area contributed by atoms with Gasteiger partial charge in [-0.25, -0.2) is 4.79 Å². The fourth-order valence-electron chi connectivity index (χ4n) is 2.14. The van der Waals surface area contributed by atoms with Crippen LogP contribution in [-0.4, -0.2) is 86.2 Å². The van der Waals surface area contributed by atoms with Crippen molar-refractivity contribution in [3.8, 4) is 0 Å². The van der Waals surface area contributed by atoms with E-state index in [1.54, 1.807) is 0 Å². The van der Waals surface area contributed by atoms with Gasteiger partial charge in [-0.3, -0.25) is 28.8 Å². The molecule has 4 atom stereocenters. The maximum absolute atomic E-state index is 12.3. The quantitative estimate of drug-likeness (QED) is 0.130. The molecule has 0 fully saturated rings. The third-order valence-electron chi connectivity index (χ3n) is 3.76. The lowest BCUT2D eigenvalue weighted by Gasteiger charge is -2.22. The van der Waals surface area contributed by atoms with Crippen LogP contribution in [-0.2, 0) is 33.6 Å². The molecular weight excluding hydrogens is 424 g/mol. The maximum Gasteiger partial charge on any atom is 0.326 e. The molecule has 15 heteroatoms. The van der Waals surface area contributed by atoms with Gasteiger partial charge in [-0.15, -0.1) is 0 Å². The molecule has 0 rings (SSSR count). The van der Waals surface area contributed by atoms with E-state index in [1.807, 2.05) is 10.6 Å². The standard InChI is InChI=1S/C16H24N4O11/c1-6(18-14(28)7(17)4-11(23)24)13(27)20-9(5-12(25)26)15(29)19-8(16(30)31)2-3-10(21)22/h6-9H,2-5,17H2,1H3,(H,18,28)(H,19,29)(H,20,27)(H,21,22)(H,23,24)(H,25,26)(H,30,31). The topological polar surface area (TPSA) is 263 Å². The van der Waals surface area contributed by atoms with Crippen LogP contribution in [0.5, 0.6) is 0 Å². The third kappa shape index (κ3) is 11.1. The number of carboxylic acid groups (broad SMARTS) is 4. The van der Waals surface area contributed by atoms with Gasteiger partial charge in [0.2, 0.25) is 17.7 Å². The number of hydrogen-bond donors (Lipinski definition) is 8. The van der Waals surface area contributed by atoms with Crippen molar-refractivity contribution < 1.29 is 54.0 Å². The van der Waals surface area contributed by atoms with Crippen molar-refractivity contribution >= 4 is 41.6 Å². The zero-order valence-electron chi connectivity index (χ0n) is 16.4. The summed E-state index contributed by atoms with van der Waals surface area (Å²) in [6.07, 6.45) is -2.73. The molecule has 0 aliphatic rings. The van der Waals surface area contributed by atoms with Crippen LogP contribution >= 0.6 is 0 Å². The highest BCUT2D eigenvalue weighted by Gasteiger charge is 2.30. The van der Waals surface area contributed by atoms with E-state index in [-0.39, 0.29) is 0 Å². The van der Waals surface area contributed by atoms with Crippen molar-refractivity contribution in [1.82, 2.24) is 16.0 Å². The van der Waals surface area contributed by atoms with Gasteiger partial charge in [-0.2, -0.15) is 0 Å². The van der Waals surface area contributed by atoms with E-state index in [9.17, 15) is 33.6 Å². The Labute approximate surface area is 175 Å². The first kappa shape index (κ1) is 27.2. The average Bonchev–Trinajstić information content (AvgIpc) is 2.62. The minimum atomic E-state index is -1.75. The van der Waals surface area contributed by atoms with Crippen LogP contribution in [0.4, 0.5) is 0 Å². The van der Waals surface area contributed by atoms with Gasteiger partial charge in [0, 0.05) is 6.42 Å². The molecule has 0 aliphatic carbocycles. The highest BCUT2D eigenvalue weighted by atomic mass is 16.4. The number of carbonyl (C=O) groups excluding carboxylic acids is 3. The maximum atomic E-state index is 12.3. The number of carbonyl (C=O) groups is 7. The van der Waals surface area contributed by atoms with Crippen LogP contribution in [0.15, 0.2) is 0 Å². The number of carboxylic acids is 4. The second kappa shape index (κ2) is 12.7. The van der Waals surface area contributed by atoms with Crippen molar-refractivity contribution in [2.24, 2.45) is 5.73 Å². The van der Waals surface area contributed by atoms with Crippen molar-refractivity contribution in [2.45, 2.75) is 56.8 Å². The molecule has 0 saturated carbocycles. The summed E-state index contributed by atoms with van der Waals surface area (Å²) in [6, 6.07) is -6.21. The smallest absolute Gasteiger partial charge is 0.326 e. The lowest BCUT2D eigenvalue weighted by Crippen LogP contribution is -2.56. The molecule has 3 amide bonds. The van der Waals surface area contributed by atoms with Crippen LogP contribution in [0.3, 0.4) is 0 Å². The van der Waals surface area contributed by atoms with E-state index in [0.29, 0.717) is 0 Å². The minimum absolute atomic E-state index is 0.488. The lowest BCUT2D eigenvalue weighted by atomic mass is 10.1. The molecule has 0 saturated heterocycles. The second-order valence-electron chi connectivity index (χ2n) is 6.43. The number of rotatable bonds is 14. The third-order valence-corrected chi connectivity index (χ3v) is 3.76. The van der Waals surface area contributed by atoms with Gasteiger partial charge < -0.3 is 42.1 Å². The summed E-state index contributed by atoms with van der Waals surface area (Å²) in [7, 11) is 0. The Kier molecular flexibility index (Phi) is 11.2. The average molecular weight is 448 g/mol. The summed E-state index contributed by atoms with van der Waals surface area (Å²) in [5.74, 6) is -8.97. The highest BCUT2D eigenvalue weighted by molar-refractivity contribution is 5.95. The van der Waals surface area contributed by atoms with Crippen LogP contribution in [0.25, 0.3) is 0 Å². The second-order valence-corrected chi connectivity index (χ2v) is 6.43. The number of amides is 3. The Morgan fingerprint density at radius 1 is 0.710 bits per heavy atom. The molecule has 0 spiro atoms. The first-order valence-corrected chi connectivity index (χ1v) is 8.79. The van der Waals surface area contributed by atoms with E-state index in [1.165, 1.54) is 0 Å². The molecule has 0 aromatic heterocycles. The first-order chi connectivity index (χ1) is 14.2. The summed E-state index contributed by atoms with van der Waals surface area (Å²) < 4.78 is 0. The molecule has 15 nitrogen and oxygen atoms in total. The largest absolute Gasteiger partial charge is 0.481 e. The Morgan fingerprint density at radius 2 is 1.23 bits per heavy atom. The van der Waals surface area contributed by atoms with Crippen molar-refractivity contribution in [1.29, 1.82) is 0 Å². The molecule has 31 heavy (non-hydrogen) atoms. The van der Waals surface area contributed by atoms with Crippen molar-refractivity contribution in [3.05, 3.63) is 0 Å². The summed E-state index contributed by atoms with van der Waals surface area (Å²) in [6.45, 7) is 1.16. The summed E-state index contributed by atoms with van der Waals surface area (Å²) in [5.41, 5.74) is 5.35. The van der Waals surface area contributed by atoms with E-state index < -0.39 is 91.4 Å². The number of hydrogen-bond acceptors (Lipinski definition) is 8. The van der Waals surface area contributed by atoms with Crippen LogP contribution in [0.1, 0.15) is 32.6 Å². The molecular formula is C16H24N4O11. The fourth-order valence-corrected chi connectivity index (χ4v) is 2.14. The van der Waals surface area contributed by atoms with Gasteiger partial charge in [-0.1, -0.05) is 0 Å². The molecule has 9 N–H and O–H groups in total. The Bertz CT molecular complexity index is 739. The fraction of sp³-hybridized carbons (Fsp3) is 0.562. The molecule has 4 unspecified atom stereocenters. The van der Waals surface area contributed by atoms with E-state index >= 15 is 0 Å². The Hall–Kier alpha value is -3.75. The van der Waals surface area contributed by atoms with Gasteiger partial charge >= 0.3 is 23.9 Å². The zero-order chi connectivity index (χ0) is 24.3. The zero-order valence-corrected chi connectivity index (χ0v) is 16.4. The first-order valence-electron chi connectivity index (χ1n) is 8.79. The van der Waals surface area contributed by atoms with Crippen molar-refractivity contribution in [3.63, 3.8) is 0 Å². The van der Waals surface area contributed by atoms with E-state index in [2.05, 4.69) is 5.32 Å². The lowest BCUT2D eigenvalue weighted by molar-refractivity contribution is -0.144. The summed E-state index contributed by atoms with van der Waals surface area (Å²) in [4.78, 5) is 79.6. The molecule has 0 aromatic carbocycles. The van der Waals surface area contributed by atoms with Gasteiger partial charge in [0.1, 0.15) is 18.1 Å².